The molecule has 4 aromatic rings. The molecule has 0 amide bonds. The first-order valence-electron chi connectivity index (χ1n) is 10.2. The normalized spacial score (nSPS) is 12.7. The van der Waals surface area contributed by atoms with Crippen LogP contribution in [0.1, 0.15) is 43.9 Å². The van der Waals surface area contributed by atoms with Gasteiger partial charge < -0.3 is 10.4 Å². The monoisotopic (exact) mass is 449 g/mol. The third-order valence-electron chi connectivity index (χ3n) is 5.29. The van der Waals surface area contributed by atoms with E-state index in [4.69, 9.17) is 11.6 Å². The minimum atomic E-state index is -1.12. The Morgan fingerprint density at radius 3 is 2.53 bits per heavy atom. The van der Waals surface area contributed by atoms with Crippen molar-refractivity contribution in [2.75, 3.05) is 5.32 Å². The van der Waals surface area contributed by atoms with E-state index in [1.54, 1.807) is 38.4 Å². The fourth-order valence-corrected chi connectivity index (χ4v) is 3.73. The molecule has 5 nitrogen and oxygen atoms in total. The molecule has 0 aliphatic carbocycles. The molecule has 2 aromatic heterocycles. The van der Waals surface area contributed by atoms with E-state index < -0.39 is 5.60 Å². The number of nitrogens with one attached hydrogen (secondary N) is 1. The Balaban J connectivity index is 1.79. The van der Waals surface area contributed by atoms with Gasteiger partial charge in [0.05, 0.1) is 28.0 Å². The molecule has 32 heavy (non-hydrogen) atoms. The Hall–Kier alpha value is -3.09. The topological polar surface area (TPSA) is 70.9 Å². The predicted octanol–water partition coefficient (Wildman–Crippen LogP) is 5.99. The summed E-state index contributed by atoms with van der Waals surface area (Å²) < 4.78 is 14.3. The first-order valence-corrected chi connectivity index (χ1v) is 10.6. The Morgan fingerprint density at radius 1 is 1.16 bits per heavy atom. The minimum Gasteiger partial charge on any atom is -0.382 e. The molecule has 2 heterocycles. The number of halogens is 2. The molecule has 4 rings (SSSR count). The summed E-state index contributed by atoms with van der Waals surface area (Å²) in [5.41, 5.74) is 3.17. The molecule has 0 aliphatic rings. The van der Waals surface area contributed by atoms with Crippen LogP contribution in [0.15, 0.2) is 48.8 Å². The van der Waals surface area contributed by atoms with Crippen LogP contribution in [0.25, 0.3) is 22.0 Å². The van der Waals surface area contributed by atoms with Gasteiger partial charge in [0.25, 0.3) is 0 Å². The van der Waals surface area contributed by atoms with Crippen LogP contribution in [0.5, 0.6) is 0 Å². The van der Waals surface area contributed by atoms with E-state index in [0.717, 1.165) is 22.0 Å². The number of aryl methyl sites for hydroxylation is 1. The summed E-state index contributed by atoms with van der Waals surface area (Å²) in [5.74, 6) is 0.0416. The predicted molar refractivity (Wildman–Crippen MR) is 125 cm³/mol. The van der Waals surface area contributed by atoms with E-state index in [9.17, 15) is 9.50 Å². The summed E-state index contributed by atoms with van der Waals surface area (Å²) >= 11 is 6.63. The van der Waals surface area contributed by atoms with Gasteiger partial charge in [0.1, 0.15) is 11.4 Å². The van der Waals surface area contributed by atoms with E-state index in [1.165, 1.54) is 6.07 Å². The van der Waals surface area contributed by atoms with Crippen molar-refractivity contribution in [3.05, 3.63) is 82.8 Å². The molecular weight excluding hydrogens is 427 g/mol. The first-order chi connectivity index (χ1) is 15.1. The lowest BCUT2D eigenvalue weighted by Crippen LogP contribution is -2.19. The number of aliphatic hydroxyl groups is 1. The average Bonchev–Trinajstić information content (AvgIpc) is 2.76. The largest absolute Gasteiger partial charge is 0.382 e. The lowest BCUT2D eigenvalue weighted by Gasteiger charge is -2.20. The summed E-state index contributed by atoms with van der Waals surface area (Å²) in [7, 11) is 0. The Labute approximate surface area is 191 Å². The molecule has 0 saturated carbocycles. The highest BCUT2D eigenvalue weighted by Gasteiger charge is 2.20. The van der Waals surface area contributed by atoms with Crippen molar-refractivity contribution < 1.29 is 9.50 Å². The molecular formula is C25H23ClFN4O. The van der Waals surface area contributed by atoms with Crippen molar-refractivity contribution in [2.24, 2.45) is 0 Å². The van der Waals surface area contributed by atoms with Gasteiger partial charge in [-0.3, -0.25) is 4.98 Å². The number of hydrogen-bond donors (Lipinski definition) is 2. The number of nitrogens with zero attached hydrogens (tertiary/aromatic N) is 3. The average molecular weight is 450 g/mol. The van der Waals surface area contributed by atoms with Gasteiger partial charge in [-0.25, -0.2) is 14.4 Å². The second-order valence-electron chi connectivity index (χ2n) is 8.29. The van der Waals surface area contributed by atoms with Crippen molar-refractivity contribution in [1.82, 2.24) is 15.0 Å². The summed E-state index contributed by atoms with van der Waals surface area (Å²) in [6, 6.07) is 12.9. The molecule has 0 bridgehead atoms. The SMILES string of the molecule is Cc1nc2ccc(-c3cnc(C(C)(C)O)nc3)cc2c(N[C@H](C)c2c[c]ccc2F)c1Cl. The van der Waals surface area contributed by atoms with Gasteiger partial charge in [0, 0.05) is 28.9 Å². The van der Waals surface area contributed by atoms with Gasteiger partial charge >= 0.3 is 0 Å². The van der Waals surface area contributed by atoms with Crippen LogP contribution in [0.2, 0.25) is 5.02 Å². The Morgan fingerprint density at radius 2 is 1.88 bits per heavy atom. The fourth-order valence-electron chi connectivity index (χ4n) is 3.53. The zero-order chi connectivity index (χ0) is 23.0. The lowest BCUT2D eigenvalue weighted by atomic mass is 10.0. The second-order valence-corrected chi connectivity index (χ2v) is 8.66. The third kappa shape index (κ3) is 4.29. The fraction of sp³-hybridized carbons (Fsp3) is 0.240. The first kappa shape index (κ1) is 22.1. The number of aromatic nitrogens is 3. The van der Waals surface area contributed by atoms with Gasteiger partial charge in [0.15, 0.2) is 5.82 Å². The molecule has 0 unspecified atom stereocenters. The van der Waals surface area contributed by atoms with E-state index in [0.29, 0.717) is 27.8 Å². The summed E-state index contributed by atoms with van der Waals surface area (Å²) in [4.78, 5) is 13.2. The van der Waals surface area contributed by atoms with Crippen LogP contribution >= 0.6 is 11.6 Å². The van der Waals surface area contributed by atoms with Crippen molar-refractivity contribution >= 4 is 28.2 Å². The molecule has 0 fully saturated rings. The highest BCUT2D eigenvalue weighted by molar-refractivity contribution is 6.35. The summed E-state index contributed by atoms with van der Waals surface area (Å²) in [6.07, 6.45) is 3.35. The Bertz CT molecular complexity index is 1290. The van der Waals surface area contributed by atoms with Crippen LogP contribution in [-0.4, -0.2) is 20.1 Å². The van der Waals surface area contributed by atoms with Crippen LogP contribution in [0.3, 0.4) is 0 Å². The molecule has 0 saturated heterocycles. The van der Waals surface area contributed by atoms with Crippen molar-refractivity contribution in [1.29, 1.82) is 0 Å². The second kappa shape index (κ2) is 8.45. The standard InChI is InChI=1S/C25H23ClFN4O/c1-14(18-7-5-6-8-20(18)27)31-23-19-11-16(9-10-21(19)30-15(2)22(23)26)17-12-28-24(29-13-17)25(3,4)32/h6-14,32H,1-4H3,(H,30,31)/t14-/m1/s1. The number of benzene rings is 2. The van der Waals surface area contributed by atoms with Gasteiger partial charge in [-0.1, -0.05) is 23.7 Å². The highest BCUT2D eigenvalue weighted by Crippen LogP contribution is 2.37. The van der Waals surface area contributed by atoms with E-state index >= 15 is 0 Å². The van der Waals surface area contributed by atoms with Gasteiger partial charge in [-0.05, 0) is 63.6 Å². The van der Waals surface area contributed by atoms with Gasteiger partial charge in [-0.2, -0.15) is 0 Å². The number of rotatable bonds is 5. The van der Waals surface area contributed by atoms with Gasteiger partial charge in [0.2, 0.25) is 0 Å². The molecule has 0 spiro atoms. The molecule has 0 aliphatic heterocycles. The van der Waals surface area contributed by atoms with Crippen LogP contribution in [0.4, 0.5) is 10.1 Å². The number of anilines is 1. The van der Waals surface area contributed by atoms with Crippen LogP contribution < -0.4 is 5.32 Å². The maximum absolute atomic E-state index is 14.3. The molecule has 7 heteroatoms. The van der Waals surface area contributed by atoms with Crippen molar-refractivity contribution in [3.8, 4) is 11.1 Å². The maximum atomic E-state index is 14.3. The molecule has 1 atom stereocenters. The number of hydrogen-bond acceptors (Lipinski definition) is 5. The maximum Gasteiger partial charge on any atom is 0.159 e. The van der Waals surface area contributed by atoms with Gasteiger partial charge in [-0.15, -0.1) is 0 Å². The minimum absolute atomic E-state index is 0.306. The third-order valence-corrected chi connectivity index (χ3v) is 5.75. The lowest BCUT2D eigenvalue weighted by molar-refractivity contribution is 0.0687. The van der Waals surface area contributed by atoms with Crippen molar-refractivity contribution in [2.45, 2.75) is 39.3 Å². The quantitative estimate of drug-likeness (QED) is 0.391. The number of fused-ring (bicyclic) bond motifs is 1. The van der Waals surface area contributed by atoms with Crippen LogP contribution in [-0.2, 0) is 5.60 Å². The Kier molecular flexibility index (Phi) is 5.84. The van der Waals surface area contributed by atoms with E-state index in [1.807, 2.05) is 32.0 Å². The van der Waals surface area contributed by atoms with Crippen molar-refractivity contribution in [3.63, 3.8) is 0 Å². The number of pyridine rings is 1. The molecule has 2 N–H and O–H groups in total. The summed E-state index contributed by atoms with van der Waals surface area (Å²) in [6.45, 7) is 6.99. The molecule has 1 radical (unpaired) electrons. The smallest absolute Gasteiger partial charge is 0.159 e. The van der Waals surface area contributed by atoms with E-state index in [2.05, 4.69) is 26.3 Å². The zero-order valence-corrected chi connectivity index (χ0v) is 19.0. The molecule has 2 aromatic carbocycles. The molecule has 163 valence electrons. The summed E-state index contributed by atoms with van der Waals surface area (Å²) in [5, 5.41) is 14.7. The zero-order valence-electron chi connectivity index (χ0n) is 18.2. The van der Waals surface area contributed by atoms with E-state index in [-0.39, 0.29) is 11.9 Å². The van der Waals surface area contributed by atoms with Crippen LogP contribution in [0, 0.1) is 18.8 Å². The highest BCUT2D eigenvalue weighted by atomic mass is 35.5.